The molecule has 30 heavy (non-hydrogen) atoms. The lowest BCUT2D eigenvalue weighted by Gasteiger charge is -1.95. The molecule has 0 radical (unpaired) electrons. The van der Waals surface area contributed by atoms with Gasteiger partial charge in [0.2, 0.25) is 5.89 Å². The van der Waals surface area contributed by atoms with Crippen molar-refractivity contribution in [3.63, 3.8) is 0 Å². The third-order valence-electron chi connectivity index (χ3n) is 4.15. The number of oxazole rings is 1. The van der Waals surface area contributed by atoms with Crippen LogP contribution in [0.3, 0.4) is 0 Å². The van der Waals surface area contributed by atoms with E-state index in [1.807, 2.05) is 80.6 Å². The highest BCUT2D eigenvalue weighted by atomic mass is 16.4. The second kappa shape index (κ2) is 14.8. The Bertz CT molecular complexity index is 835. The van der Waals surface area contributed by atoms with Gasteiger partial charge in [0.25, 0.3) is 0 Å². The van der Waals surface area contributed by atoms with Gasteiger partial charge in [-0.3, -0.25) is 0 Å². The Labute approximate surface area is 182 Å². The molecular formula is C28H35NO. The predicted octanol–water partition coefficient (Wildman–Crippen LogP) is 8.76. The first-order valence-corrected chi connectivity index (χ1v) is 10.7. The van der Waals surface area contributed by atoms with Crippen LogP contribution in [-0.2, 0) is 0 Å². The summed E-state index contributed by atoms with van der Waals surface area (Å²) in [5.74, 6) is 1.93. The maximum Gasteiger partial charge on any atom is 0.226 e. The molecule has 3 rings (SSSR count). The number of aromatic nitrogens is 1. The minimum atomic E-state index is 0.482. The molecule has 158 valence electrons. The number of rotatable bonds is 6. The van der Waals surface area contributed by atoms with E-state index in [-0.39, 0.29) is 0 Å². The van der Waals surface area contributed by atoms with E-state index >= 15 is 0 Å². The Hall–Kier alpha value is -3.13. The van der Waals surface area contributed by atoms with Crippen LogP contribution in [0.4, 0.5) is 0 Å². The van der Waals surface area contributed by atoms with Crippen LogP contribution >= 0.6 is 0 Å². The molecule has 0 bridgehead atoms. The van der Waals surface area contributed by atoms with Crippen molar-refractivity contribution >= 4 is 0 Å². The van der Waals surface area contributed by atoms with E-state index in [4.69, 9.17) is 4.42 Å². The fraction of sp³-hybridized carbons (Fsp3) is 0.250. The number of hydrogen-bond acceptors (Lipinski definition) is 2. The Kier molecular flexibility index (Phi) is 12.3. The van der Waals surface area contributed by atoms with Gasteiger partial charge in [0.05, 0.1) is 6.20 Å². The van der Waals surface area contributed by atoms with Gasteiger partial charge in [-0.15, -0.1) is 6.58 Å². The van der Waals surface area contributed by atoms with Crippen molar-refractivity contribution in [1.29, 1.82) is 0 Å². The van der Waals surface area contributed by atoms with Crippen LogP contribution in [0.15, 0.2) is 108 Å². The zero-order chi connectivity index (χ0) is 22.2. The molecular weight excluding hydrogens is 366 g/mol. The van der Waals surface area contributed by atoms with E-state index in [1.165, 1.54) is 5.57 Å². The lowest BCUT2D eigenvalue weighted by Crippen LogP contribution is -1.80. The lowest BCUT2D eigenvalue weighted by molar-refractivity contribution is 0.589. The summed E-state index contributed by atoms with van der Waals surface area (Å²) in [4.78, 5) is 4.30. The normalized spacial score (nSPS) is 11.7. The average molecular weight is 402 g/mol. The second-order valence-electron chi connectivity index (χ2n) is 6.57. The van der Waals surface area contributed by atoms with Crippen LogP contribution in [0.5, 0.6) is 0 Å². The van der Waals surface area contributed by atoms with E-state index in [2.05, 4.69) is 50.6 Å². The summed E-state index contributed by atoms with van der Waals surface area (Å²) in [6.45, 7) is 14.1. The number of hydrogen-bond donors (Lipinski definition) is 0. The molecule has 2 nitrogen and oxygen atoms in total. The van der Waals surface area contributed by atoms with Gasteiger partial charge >= 0.3 is 0 Å². The molecule has 2 aromatic carbocycles. The molecule has 0 fully saturated rings. The van der Waals surface area contributed by atoms with Crippen LogP contribution in [0.1, 0.15) is 41.0 Å². The molecule has 0 aliphatic rings. The first-order valence-electron chi connectivity index (χ1n) is 10.7. The fourth-order valence-electron chi connectivity index (χ4n) is 2.50. The van der Waals surface area contributed by atoms with Crippen molar-refractivity contribution in [2.75, 3.05) is 0 Å². The van der Waals surface area contributed by atoms with Crippen molar-refractivity contribution < 1.29 is 4.42 Å². The van der Waals surface area contributed by atoms with E-state index in [1.54, 1.807) is 6.20 Å². The summed E-state index contributed by atoms with van der Waals surface area (Å²) in [5, 5.41) is 0. The maximum atomic E-state index is 5.74. The van der Waals surface area contributed by atoms with Gasteiger partial charge in [-0.05, 0) is 31.4 Å². The molecule has 0 aliphatic carbocycles. The fourth-order valence-corrected chi connectivity index (χ4v) is 2.50. The summed E-state index contributed by atoms with van der Waals surface area (Å²) >= 11 is 0. The highest BCUT2D eigenvalue weighted by Crippen LogP contribution is 2.25. The van der Waals surface area contributed by atoms with Crippen molar-refractivity contribution in [3.8, 4) is 22.8 Å². The summed E-state index contributed by atoms with van der Waals surface area (Å²) in [6, 6.07) is 19.9. The minimum Gasteiger partial charge on any atom is -0.436 e. The number of benzene rings is 2. The first kappa shape index (κ1) is 24.9. The van der Waals surface area contributed by atoms with E-state index in [0.717, 1.165) is 23.3 Å². The molecule has 0 saturated heterocycles. The molecule has 3 aromatic rings. The van der Waals surface area contributed by atoms with Crippen molar-refractivity contribution in [1.82, 2.24) is 4.98 Å². The highest BCUT2D eigenvalue weighted by Gasteiger charge is 2.07. The van der Waals surface area contributed by atoms with Gasteiger partial charge in [-0.25, -0.2) is 4.98 Å². The quantitative estimate of drug-likeness (QED) is 0.305. The minimum absolute atomic E-state index is 0.482. The van der Waals surface area contributed by atoms with Crippen LogP contribution in [0.25, 0.3) is 22.8 Å². The molecule has 0 aliphatic heterocycles. The van der Waals surface area contributed by atoms with Gasteiger partial charge in [0, 0.05) is 11.1 Å². The monoisotopic (exact) mass is 401 g/mol. The van der Waals surface area contributed by atoms with Crippen molar-refractivity contribution in [2.45, 2.75) is 41.0 Å². The smallest absolute Gasteiger partial charge is 0.226 e. The largest absolute Gasteiger partial charge is 0.436 e. The molecule has 0 spiro atoms. The number of allylic oxidation sites excluding steroid dienone is 5. The third kappa shape index (κ3) is 8.91. The van der Waals surface area contributed by atoms with Crippen LogP contribution < -0.4 is 0 Å². The number of nitrogens with zero attached hydrogens (tertiary/aromatic N) is 1. The van der Waals surface area contributed by atoms with E-state index < -0.39 is 0 Å². The summed E-state index contributed by atoms with van der Waals surface area (Å²) in [5.41, 5.74) is 3.37. The summed E-state index contributed by atoms with van der Waals surface area (Å²) in [7, 11) is 0. The molecule has 1 aromatic heterocycles. The zero-order valence-corrected chi connectivity index (χ0v) is 19.0. The second-order valence-corrected chi connectivity index (χ2v) is 6.57. The standard InChI is InChI=1S/C15H11NO.C11H18.C2H6/c1-3-7-12(8-4-1)14-11-16-15(17-14)13-9-5-2-6-10-13;1-5-7-11(4)9-8-10(3)6-2;1-2/h1-11H;6-10H,2,5H2,1,3-4H3;1-2H3/b;9-8-,11-7-;. The first-order chi connectivity index (χ1) is 14.6. The van der Waals surface area contributed by atoms with Gasteiger partial charge in [-0.1, -0.05) is 106 Å². The van der Waals surface area contributed by atoms with Crippen molar-refractivity contribution in [3.05, 3.63) is 103 Å². The molecule has 1 atom stereocenters. The van der Waals surface area contributed by atoms with Crippen LogP contribution in [0, 0.1) is 5.92 Å². The lowest BCUT2D eigenvalue weighted by atomic mass is 10.1. The summed E-state index contributed by atoms with van der Waals surface area (Å²) in [6.07, 6.45) is 11.3. The van der Waals surface area contributed by atoms with Gasteiger partial charge in [0.15, 0.2) is 5.76 Å². The Morgan fingerprint density at radius 3 is 2.10 bits per heavy atom. The average Bonchev–Trinajstić information content (AvgIpc) is 3.31. The van der Waals surface area contributed by atoms with Crippen LogP contribution in [-0.4, -0.2) is 4.98 Å². The zero-order valence-electron chi connectivity index (χ0n) is 19.0. The van der Waals surface area contributed by atoms with Gasteiger partial charge in [-0.2, -0.15) is 0 Å². The van der Waals surface area contributed by atoms with Crippen LogP contribution in [0.2, 0.25) is 0 Å². The Balaban J connectivity index is 0.000000304. The van der Waals surface area contributed by atoms with Crippen molar-refractivity contribution in [2.24, 2.45) is 5.92 Å². The maximum absolute atomic E-state index is 5.74. The predicted molar refractivity (Wildman–Crippen MR) is 131 cm³/mol. The molecule has 2 heteroatoms. The SMILES string of the molecule is C=CC(C)/C=C\C(C)=C/CC.CC.c1ccc(-c2cnc(-c3ccccc3)o2)cc1. The van der Waals surface area contributed by atoms with Gasteiger partial charge in [0.1, 0.15) is 0 Å². The summed E-state index contributed by atoms with van der Waals surface area (Å²) < 4.78 is 5.74. The molecule has 1 unspecified atom stereocenters. The Morgan fingerprint density at radius 1 is 1.00 bits per heavy atom. The Morgan fingerprint density at radius 2 is 1.57 bits per heavy atom. The molecule has 1 heterocycles. The molecule has 0 saturated carbocycles. The topological polar surface area (TPSA) is 26.0 Å². The van der Waals surface area contributed by atoms with E-state index in [9.17, 15) is 0 Å². The highest BCUT2D eigenvalue weighted by molar-refractivity contribution is 5.60. The third-order valence-corrected chi connectivity index (χ3v) is 4.15. The molecule has 0 amide bonds. The van der Waals surface area contributed by atoms with Gasteiger partial charge < -0.3 is 4.42 Å². The molecule has 0 N–H and O–H groups in total. The van der Waals surface area contributed by atoms with E-state index in [0.29, 0.717) is 11.8 Å².